The van der Waals surface area contributed by atoms with Crippen LogP contribution in [0.2, 0.25) is 0 Å². The van der Waals surface area contributed by atoms with Crippen LogP contribution in [-0.4, -0.2) is 28.2 Å². The molecule has 1 aliphatic heterocycles. The average Bonchev–Trinajstić information content (AvgIpc) is 3.14. The molecule has 0 aliphatic carbocycles. The molecule has 7 nitrogen and oxygen atoms in total. The highest BCUT2D eigenvalue weighted by Crippen LogP contribution is 2.21. The van der Waals surface area contributed by atoms with Crippen LogP contribution in [0.25, 0.3) is 10.9 Å². The van der Waals surface area contributed by atoms with Crippen LogP contribution < -0.4 is 16.0 Å². The predicted octanol–water partition coefficient (Wildman–Crippen LogP) is 3.09. The van der Waals surface area contributed by atoms with Crippen molar-refractivity contribution in [1.82, 2.24) is 20.8 Å². The summed E-state index contributed by atoms with van der Waals surface area (Å²) in [6.07, 6.45) is 3.11. The molecule has 142 valence electrons. The van der Waals surface area contributed by atoms with Gasteiger partial charge in [0.25, 0.3) is 5.91 Å². The SMILES string of the molecule is CC1=C(C(=O)Nc2ccc3[nH]ncc3c2)C(CCc2ccccc2)NC(=O)N1. The predicted molar refractivity (Wildman–Crippen MR) is 108 cm³/mol. The second-order valence-electron chi connectivity index (χ2n) is 6.84. The maximum absolute atomic E-state index is 13.0. The van der Waals surface area contributed by atoms with Gasteiger partial charge >= 0.3 is 6.03 Å². The number of nitrogens with zero attached hydrogens (tertiary/aromatic N) is 1. The minimum absolute atomic E-state index is 0.231. The quantitative estimate of drug-likeness (QED) is 0.551. The van der Waals surface area contributed by atoms with Crippen LogP contribution >= 0.6 is 0 Å². The third-order valence-electron chi connectivity index (χ3n) is 4.87. The number of aromatic amines is 1. The number of carbonyl (C=O) groups is 2. The Morgan fingerprint density at radius 2 is 2.00 bits per heavy atom. The van der Waals surface area contributed by atoms with Gasteiger partial charge in [-0.05, 0) is 43.5 Å². The minimum Gasteiger partial charge on any atom is -0.331 e. The van der Waals surface area contributed by atoms with Gasteiger partial charge < -0.3 is 16.0 Å². The van der Waals surface area contributed by atoms with Crippen LogP contribution in [0.4, 0.5) is 10.5 Å². The van der Waals surface area contributed by atoms with E-state index in [0.717, 1.165) is 22.9 Å². The summed E-state index contributed by atoms with van der Waals surface area (Å²) in [6.45, 7) is 1.75. The fourth-order valence-electron chi connectivity index (χ4n) is 3.49. The summed E-state index contributed by atoms with van der Waals surface area (Å²) in [5.74, 6) is -0.231. The van der Waals surface area contributed by atoms with E-state index >= 15 is 0 Å². The summed E-state index contributed by atoms with van der Waals surface area (Å²) in [4.78, 5) is 24.9. The van der Waals surface area contributed by atoms with Crippen molar-refractivity contribution in [2.75, 3.05) is 5.32 Å². The van der Waals surface area contributed by atoms with Crippen molar-refractivity contribution in [3.63, 3.8) is 0 Å². The summed E-state index contributed by atoms with van der Waals surface area (Å²) >= 11 is 0. The van der Waals surface area contributed by atoms with Crippen molar-refractivity contribution in [3.05, 3.63) is 71.6 Å². The molecular weight excluding hydrogens is 354 g/mol. The number of aromatic nitrogens is 2. The molecule has 0 saturated carbocycles. The first-order chi connectivity index (χ1) is 13.6. The van der Waals surface area contributed by atoms with E-state index in [1.807, 2.05) is 48.5 Å². The number of hydrogen-bond acceptors (Lipinski definition) is 3. The number of H-pyrrole nitrogens is 1. The van der Waals surface area contributed by atoms with E-state index in [0.29, 0.717) is 23.4 Å². The Kier molecular flexibility index (Phi) is 4.80. The third kappa shape index (κ3) is 3.73. The molecule has 1 aromatic heterocycles. The molecule has 4 N–H and O–H groups in total. The smallest absolute Gasteiger partial charge is 0.319 e. The summed E-state index contributed by atoms with van der Waals surface area (Å²) in [5.41, 5.74) is 3.86. The molecule has 3 amide bonds. The Bertz CT molecular complexity index is 1050. The van der Waals surface area contributed by atoms with Crippen LogP contribution in [0.1, 0.15) is 18.9 Å². The fraction of sp³-hybridized carbons (Fsp3) is 0.190. The fourth-order valence-corrected chi connectivity index (χ4v) is 3.49. The van der Waals surface area contributed by atoms with Gasteiger partial charge in [0.2, 0.25) is 0 Å². The zero-order valence-electron chi connectivity index (χ0n) is 15.5. The lowest BCUT2D eigenvalue weighted by molar-refractivity contribution is -0.113. The van der Waals surface area contributed by atoms with Gasteiger partial charge in [0.05, 0.1) is 23.3 Å². The number of benzene rings is 2. The Morgan fingerprint density at radius 1 is 1.18 bits per heavy atom. The first-order valence-corrected chi connectivity index (χ1v) is 9.17. The van der Waals surface area contributed by atoms with Gasteiger partial charge in [0.1, 0.15) is 0 Å². The first-order valence-electron chi connectivity index (χ1n) is 9.17. The second-order valence-corrected chi connectivity index (χ2v) is 6.84. The van der Waals surface area contributed by atoms with Gasteiger partial charge in [-0.25, -0.2) is 4.79 Å². The second kappa shape index (κ2) is 7.56. The van der Waals surface area contributed by atoms with Crippen molar-refractivity contribution in [1.29, 1.82) is 0 Å². The normalized spacial score (nSPS) is 16.6. The van der Waals surface area contributed by atoms with E-state index < -0.39 is 0 Å². The van der Waals surface area contributed by atoms with E-state index in [1.54, 1.807) is 13.1 Å². The van der Waals surface area contributed by atoms with Gasteiger partial charge in [-0.1, -0.05) is 30.3 Å². The number of carbonyl (C=O) groups excluding carboxylic acids is 2. The van der Waals surface area contributed by atoms with Crippen LogP contribution in [0.15, 0.2) is 66.0 Å². The molecule has 0 fully saturated rings. The van der Waals surface area contributed by atoms with Gasteiger partial charge in [-0.3, -0.25) is 9.89 Å². The minimum atomic E-state index is -0.355. The molecule has 0 saturated heterocycles. The summed E-state index contributed by atoms with van der Waals surface area (Å²) in [6, 6.07) is 14.9. The summed E-state index contributed by atoms with van der Waals surface area (Å²) < 4.78 is 0. The number of aryl methyl sites for hydroxylation is 1. The Hall–Kier alpha value is -3.61. The monoisotopic (exact) mass is 375 g/mol. The molecule has 3 aromatic rings. The van der Waals surface area contributed by atoms with Crippen LogP contribution in [-0.2, 0) is 11.2 Å². The van der Waals surface area contributed by atoms with Crippen molar-refractivity contribution in [3.8, 4) is 0 Å². The standard InChI is InChI=1S/C21H21N5O2/c1-13-19(20(27)24-16-8-10-17-15(11-16)12-22-26-17)18(25-21(28)23-13)9-7-14-5-3-2-4-6-14/h2-6,8,10-12,18H,7,9H2,1H3,(H,22,26)(H,24,27)(H2,23,25,28). The number of nitrogens with one attached hydrogen (secondary N) is 4. The molecule has 1 atom stereocenters. The van der Waals surface area contributed by atoms with Crippen LogP contribution in [0, 0.1) is 0 Å². The molecule has 28 heavy (non-hydrogen) atoms. The number of hydrogen-bond donors (Lipinski definition) is 4. The van der Waals surface area contributed by atoms with Crippen LogP contribution in [0.5, 0.6) is 0 Å². The number of urea groups is 1. The topological polar surface area (TPSA) is 98.9 Å². The highest BCUT2D eigenvalue weighted by atomic mass is 16.2. The molecule has 0 spiro atoms. The molecule has 2 aromatic carbocycles. The number of rotatable bonds is 5. The molecule has 7 heteroatoms. The largest absolute Gasteiger partial charge is 0.331 e. The molecule has 1 aliphatic rings. The first kappa shape index (κ1) is 17.8. The maximum atomic E-state index is 13.0. The maximum Gasteiger partial charge on any atom is 0.319 e. The summed E-state index contributed by atoms with van der Waals surface area (Å²) in [5, 5.41) is 16.3. The molecule has 4 rings (SSSR count). The number of allylic oxidation sites excluding steroid dienone is 1. The average molecular weight is 375 g/mol. The highest BCUT2D eigenvalue weighted by Gasteiger charge is 2.29. The molecule has 0 radical (unpaired) electrons. The van der Waals surface area contributed by atoms with Gasteiger partial charge in [-0.2, -0.15) is 5.10 Å². The van der Waals surface area contributed by atoms with Crippen molar-refractivity contribution >= 4 is 28.5 Å². The number of fused-ring (bicyclic) bond motifs is 1. The lowest BCUT2D eigenvalue weighted by atomic mass is 9.95. The highest BCUT2D eigenvalue weighted by molar-refractivity contribution is 6.07. The molecule has 1 unspecified atom stereocenters. The van der Waals surface area contributed by atoms with Gasteiger partial charge in [0, 0.05) is 16.8 Å². The van der Waals surface area contributed by atoms with E-state index in [4.69, 9.17) is 0 Å². The Balaban J connectivity index is 1.53. The lowest BCUT2D eigenvalue weighted by Gasteiger charge is -2.28. The lowest BCUT2D eigenvalue weighted by Crippen LogP contribution is -2.50. The van der Waals surface area contributed by atoms with E-state index in [1.165, 1.54) is 0 Å². The zero-order chi connectivity index (χ0) is 19.5. The molecule has 2 heterocycles. The summed E-state index contributed by atoms with van der Waals surface area (Å²) in [7, 11) is 0. The molecule has 0 bridgehead atoms. The zero-order valence-corrected chi connectivity index (χ0v) is 15.5. The van der Waals surface area contributed by atoms with Crippen LogP contribution in [0.3, 0.4) is 0 Å². The van der Waals surface area contributed by atoms with Gasteiger partial charge in [-0.15, -0.1) is 0 Å². The van der Waals surface area contributed by atoms with Crippen molar-refractivity contribution in [2.45, 2.75) is 25.8 Å². The Morgan fingerprint density at radius 3 is 2.82 bits per heavy atom. The third-order valence-corrected chi connectivity index (χ3v) is 4.87. The molecular formula is C21H21N5O2. The van der Waals surface area contributed by atoms with E-state index in [2.05, 4.69) is 26.1 Å². The van der Waals surface area contributed by atoms with Crippen molar-refractivity contribution < 1.29 is 9.59 Å². The van der Waals surface area contributed by atoms with Crippen molar-refractivity contribution in [2.24, 2.45) is 0 Å². The number of amides is 3. The van der Waals surface area contributed by atoms with Gasteiger partial charge in [0.15, 0.2) is 0 Å². The van der Waals surface area contributed by atoms with E-state index in [9.17, 15) is 9.59 Å². The number of anilines is 1. The van der Waals surface area contributed by atoms with E-state index in [-0.39, 0.29) is 18.0 Å². The Labute approximate surface area is 162 Å².